The second-order valence-electron chi connectivity index (χ2n) is 8.43. The summed E-state index contributed by atoms with van der Waals surface area (Å²) in [5.41, 5.74) is 3.91. The van der Waals surface area contributed by atoms with Crippen molar-refractivity contribution in [2.75, 3.05) is 26.1 Å². The number of rotatable bonds is 8. The molecule has 10 heteroatoms. The number of nitrogens with zero attached hydrogens (tertiary/aromatic N) is 3. The summed E-state index contributed by atoms with van der Waals surface area (Å²) in [5.74, 6) is 1.37. The highest BCUT2D eigenvalue weighted by molar-refractivity contribution is 5.94. The Morgan fingerprint density at radius 1 is 1.14 bits per heavy atom. The van der Waals surface area contributed by atoms with Crippen molar-refractivity contribution >= 4 is 34.7 Å². The van der Waals surface area contributed by atoms with Gasteiger partial charge in [-0.15, -0.1) is 5.10 Å². The molecule has 0 spiro atoms. The Kier molecular flexibility index (Phi) is 6.40. The number of methoxy groups -OCH3 is 2. The number of aromatic amines is 2. The summed E-state index contributed by atoms with van der Waals surface area (Å²) in [7, 11) is 3.11. The van der Waals surface area contributed by atoms with Crippen LogP contribution >= 0.6 is 0 Å². The van der Waals surface area contributed by atoms with Crippen LogP contribution in [0.25, 0.3) is 17.0 Å². The maximum atomic E-state index is 12.8. The Labute approximate surface area is 207 Å². The highest BCUT2D eigenvalue weighted by atomic mass is 16.5. The number of aryl methyl sites for hydroxylation is 2. The van der Waals surface area contributed by atoms with Crippen LogP contribution < -0.4 is 14.8 Å². The molecule has 36 heavy (non-hydrogen) atoms. The molecule has 0 fully saturated rings. The molecule has 10 nitrogen and oxygen atoms in total. The predicted molar refractivity (Wildman–Crippen MR) is 135 cm³/mol. The van der Waals surface area contributed by atoms with Gasteiger partial charge in [-0.05, 0) is 47.4 Å². The average molecular weight is 487 g/mol. The van der Waals surface area contributed by atoms with E-state index in [1.54, 1.807) is 32.6 Å². The number of H-pyrrole nitrogens is 2. The van der Waals surface area contributed by atoms with Gasteiger partial charge in [0.1, 0.15) is 12.4 Å². The quantitative estimate of drug-likeness (QED) is 0.352. The summed E-state index contributed by atoms with van der Waals surface area (Å²) in [6.45, 7) is -0.156. The van der Waals surface area contributed by atoms with Crippen LogP contribution in [-0.4, -0.2) is 57.6 Å². The molecule has 0 aliphatic carbocycles. The van der Waals surface area contributed by atoms with E-state index in [-0.39, 0.29) is 24.8 Å². The third-order valence-electron chi connectivity index (χ3n) is 6.14. The molecule has 0 atom stereocenters. The number of para-hydroxylation sites is 1. The molecule has 0 radical (unpaired) electrons. The van der Waals surface area contributed by atoms with Crippen LogP contribution in [0, 0.1) is 0 Å². The zero-order valence-corrected chi connectivity index (χ0v) is 20.0. The van der Waals surface area contributed by atoms with Crippen LogP contribution in [0.4, 0.5) is 5.95 Å². The highest BCUT2D eigenvalue weighted by Gasteiger charge is 2.22. The van der Waals surface area contributed by atoms with Gasteiger partial charge in [-0.25, -0.2) is 0 Å². The van der Waals surface area contributed by atoms with Crippen molar-refractivity contribution in [2.45, 2.75) is 19.3 Å². The number of amides is 2. The predicted octanol–water partition coefficient (Wildman–Crippen LogP) is 3.08. The Bertz CT molecular complexity index is 1450. The molecule has 1 aliphatic rings. The minimum atomic E-state index is -0.392. The maximum Gasteiger partial charge on any atom is 0.248 e. The van der Waals surface area contributed by atoms with E-state index in [2.05, 4.69) is 31.5 Å². The molecular weight excluding hydrogens is 460 g/mol. The Morgan fingerprint density at radius 2 is 1.94 bits per heavy atom. The van der Waals surface area contributed by atoms with Crippen molar-refractivity contribution in [3.8, 4) is 11.5 Å². The minimum absolute atomic E-state index is 0.134. The summed E-state index contributed by atoms with van der Waals surface area (Å²) in [4.78, 5) is 34.4. The number of anilines is 1. The fourth-order valence-electron chi connectivity index (χ4n) is 4.28. The van der Waals surface area contributed by atoms with Crippen LogP contribution in [0.1, 0.15) is 22.5 Å². The first-order valence-electron chi connectivity index (χ1n) is 11.5. The van der Waals surface area contributed by atoms with Crippen molar-refractivity contribution in [1.29, 1.82) is 0 Å². The molecule has 2 aromatic heterocycles. The number of carbonyl (C=O) groups excluding carboxylic acids is 2. The molecular formula is C26H26N6O4. The second-order valence-corrected chi connectivity index (χ2v) is 8.43. The topological polar surface area (TPSA) is 125 Å². The zero-order chi connectivity index (χ0) is 25.1. The molecule has 0 bridgehead atoms. The Morgan fingerprint density at radius 3 is 2.78 bits per heavy atom. The first kappa shape index (κ1) is 23.2. The lowest BCUT2D eigenvalue weighted by molar-refractivity contribution is -0.131. The van der Waals surface area contributed by atoms with Gasteiger partial charge < -0.3 is 19.4 Å². The number of hydrogen-bond acceptors (Lipinski definition) is 6. The SMILES string of the molecule is COc1cc2c(cc1OC)CC(=O)N(CC(=O)Nc1n[nH]c(CCc3c[nH]c4ccccc34)n1)C=C2. The van der Waals surface area contributed by atoms with Gasteiger partial charge in [0, 0.05) is 29.7 Å². The van der Waals surface area contributed by atoms with Crippen LogP contribution in [0.5, 0.6) is 11.5 Å². The van der Waals surface area contributed by atoms with Gasteiger partial charge in [0.05, 0.1) is 20.6 Å². The van der Waals surface area contributed by atoms with E-state index >= 15 is 0 Å². The van der Waals surface area contributed by atoms with Crippen LogP contribution in [0.3, 0.4) is 0 Å². The lowest BCUT2D eigenvalue weighted by Crippen LogP contribution is -2.34. The first-order valence-corrected chi connectivity index (χ1v) is 11.5. The number of carbonyl (C=O) groups is 2. The third kappa shape index (κ3) is 4.78. The Hall–Kier alpha value is -4.60. The van der Waals surface area contributed by atoms with E-state index in [4.69, 9.17) is 9.47 Å². The van der Waals surface area contributed by atoms with Gasteiger partial charge in [0.2, 0.25) is 17.8 Å². The number of hydrogen-bond donors (Lipinski definition) is 3. The highest BCUT2D eigenvalue weighted by Crippen LogP contribution is 2.32. The second kappa shape index (κ2) is 9.95. The summed E-state index contributed by atoms with van der Waals surface area (Å²) in [6, 6.07) is 11.7. The third-order valence-corrected chi connectivity index (χ3v) is 6.14. The van der Waals surface area contributed by atoms with E-state index in [0.29, 0.717) is 23.7 Å². The smallest absolute Gasteiger partial charge is 0.248 e. The summed E-state index contributed by atoms with van der Waals surface area (Å²) in [5, 5.41) is 10.8. The summed E-state index contributed by atoms with van der Waals surface area (Å²) >= 11 is 0. The molecule has 3 heterocycles. The number of ether oxygens (including phenoxy) is 2. The molecule has 5 rings (SSSR count). The molecule has 184 valence electrons. The largest absolute Gasteiger partial charge is 0.493 e. The van der Waals surface area contributed by atoms with Crippen LogP contribution in [-0.2, 0) is 28.9 Å². The molecule has 0 saturated carbocycles. The number of nitrogens with one attached hydrogen (secondary N) is 3. The minimum Gasteiger partial charge on any atom is -0.493 e. The average Bonchev–Trinajstić information content (AvgIpc) is 3.48. The fourth-order valence-corrected chi connectivity index (χ4v) is 4.28. The van der Waals surface area contributed by atoms with Gasteiger partial charge in [-0.2, -0.15) is 4.98 Å². The molecule has 3 N–H and O–H groups in total. The molecule has 1 aliphatic heterocycles. The fraction of sp³-hybridized carbons (Fsp3) is 0.231. The molecule has 2 aromatic carbocycles. The standard InChI is InChI=1S/C26H26N6O4/c1-35-21-11-16-9-10-32(25(34)13-18(16)12-22(21)36-2)15-24(33)29-26-28-23(30-31-26)8-7-17-14-27-20-6-4-3-5-19(17)20/h3-6,9-12,14,27H,7-8,13,15H2,1-2H3,(H2,28,29,30,31,33). The van der Waals surface area contributed by atoms with Crippen molar-refractivity contribution in [1.82, 2.24) is 25.1 Å². The summed E-state index contributed by atoms with van der Waals surface area (Å²) in [6.07, 6.45) is 6.93. The van der Waals surface area contributed by atoms with Gasteiger partial charge in [0.15, 0.2) is 11.5 Å². The van der Waals surface area contributed by atoms with E-state index in [0.717, 1.165) is 23.1 Å². The van der Waals surface area contributed by atoms with E-state index in [9.17, 15) is 9.59 Å². The van der Waals surface area contributed by atoms with E-state index in [1.165, 1.54) is 15.8 Å². The van der Waals surface area contributed by atoms with E-state index < -0.39 is 5.91 Å². The van der Waals surface area contributed by atoms with Gasteiger partial charge >= 0.3 is 0 Å². The van der Waals surface area contributed by atoms with Crippen molar-refractivity contribution in [3.63, 3.8) is 0 Å². The molecule has 0 saturated heterocycles. The molecule has 4 aromatic rings. The van der Waals surface area contributed by atoms with Crippen LogP contribution in [0.15, 0.2) is 48.8 Å². The number of benzene rings is 2. The lowest BCUT2D eigenvalue weighted by atomic mass is 10.0. The molecule has 0 unspecified atom stereocenters. The lowest BCUT2D eigenvalue weighted by Gasteiger charge is -2.16. The van der Waals surface area contributed by atoms with Crippen molar-refractivity contribution < 1.29 is 19.1 Å². The normalized spacial score (nSPS) is 12.9. The van der Waals surface area contributed by atoms with Crippen molar-refractivity contribution in [3.05, 3.63) is 71.3 Å². The number of fused-ring (bicyclic) bond motifs is 2. The Balaban J connectivity index is 1.19. The monoisotopic (exact) mass is 486 g/mol. The van der Waals surface area contributed by atoms with Gasteiger partial charge in [-0.3, -0.25) is 20.0 Å². The van der Waals surface area contributed by atoms with Gasteiger partial charge in [0.25, 0.3) is 0 Å². The summed E-state index contributed by atoms with van der Waals surface area (Å²) < 4.78 is 10.7. The van der Waals surface area contributed by atoms with Crippen molar-refractivity contribution in [2.24, 2.45) is 0 Å². The number of aromatic nitrogens is 4. The zero-order valence-electron chi connectivity index (χ0n) is 20.0. The van der Waals surface area contributed by atoms with Crippen LogP contribution in [0.2, 0.25) is 0 Å². The molecule has 2 amide bonds. The first-order chi connectivity index (χ1) is 17.5. The van der Waals surface area contributed by atoms with Gasteiger partial charge in [-0.1, -0.05) is 18.2 Å². The maximum absolute atomic E-state index is 12.8. The van der Waals surface area contributed by atoms with E-state index in [1.807, 2.05) is 30.5 Å².